The summed E-state index contributed by atoms with van der Waals surface area (Å²) in [6.45, 7) is 3.30. The SMILES string of the molecule is CCOC(=O)[C@@H](O)C(C)C(=O)c1ccc(OC)cc1. The quantitative estimate of drug-likeness (QED) is 0.623. The molecule has 1 N–H and O–H groups in total. The van der Waals surface area contributed by atoms with E-state index < -0.39 is 18.0 Å². The van der Waals surface area contributed by atoms with Gasteiger partial charge in [0, 0.05) is 5.56 Å². The highest BCUT2D eigenvalue weighted by Crippen LogP contribution is 2.17. The molecule has 0 spiro atoms. The van der Waals surface area contributed by atoms with Crippen LogP contribution in [-0.4, -0.2) is 36.7 Å². The number of aliphatic hydroxyl groups excluding tert-OH is 1. The Hall–Kier alpha value is -1.88. The zero-order valence-electron chi connectivity index (χ0n) is 11.3. The van der Waals surface area contributed by atoms with Crippen molar-refractivity contribution in [2.75, 3.05) is 13.7 Å². The second kappa shape index (κ2) is 6.89. The first kappa shape index (κ1) is 15.2. The second-order valence-electron chi connectivity index (χ2n) is 4.08. The number of esters is 1. The van der Waals surface area contributed by atoms with Crippen molar-refractivity contribution in [3.8, 4) is 5.75 Å². The number of carbonyl (C=O) groups is 2. The van der Waals surface area contributed by atoms with Gasteiger partial charge in [-0.25, -0.2) is 4.79 Å². The van der Waals surface area contributed by atoms with E-state index in [1.165, 1.54) is 14.0 Å². The average Bonchev–Trinajstić information content (AvgIpc) is 2.45. The zero-order chi connectivity index (χ0) is 14.4. The molecule has 1 unspecified atom stereocenters. The normalized spacial score (nSPS) is 13.5. The molecule has 0 saturated heterocycles. The van der Waals surface area contributed by atoms with Gasteiger partial charge in [0.25, 0.3) is 0 Å². The summed E-state index contributed by atoms with van der Waals surface area (Å²) in [5, 5.41) is 9.73. The number of aliphatic hydroxyl groups is 1. The number of benzene rings is 1. The van der Waals surface area contributed by atoms with E-state index in [4.69, 9.17) is 4.74 Å². The van der Waals surface area contributed by atoms with Crippen molar-refractivity contribution in [2.24, 2.45) is 5.92 Å². The average molecular weight is 266 g/mol. The van der Waals surface area contributed by atoms with Crippen LogP contribution in [0.25, 0.3) is 0 Å². The van der Waals surface area contributed by atoms with Crippen LogP contribution in [0.3, 0.4) is 0 Å². The van der Waals surface area contributed by atoms with Gasteiger partial charge in [0.05, 0.1) is 19.6 Å². The van der Waals surface area contributed by atoms with Gasteiger partial charge in [0.2, 0.25) is 0 Å². The molecule has 0 aliphatic carbocycles. The Kier molecular flexibility index (Phi) is 5.51. The molecule has 0 aliphatic heterocycles. The summed E-state index contributed by atoms with van der Waals surface area (Å²) in [4.78, 5) is 23.5. The molecular weight excluding hydrogens is 248 g/mol. The largest absolute Gasteiger partial charge is 0.497 e. The molecule has 1 aromatic rings. The first-order valence-electron chi connectivity index (χ1n) is 6.04. The van der Waals surface area contributed by atoms with Gasteiger partial charge in [-0.3, -0.25) is 4.79 Å². The van der Waals surface area contributed by atoms with Gasteiger partial charge >= 0.3 is 5.97 Å². The van der Waals surface area contributed by atoms with Crippen LogP contribution in [0, 0.1) is 5.92 Å². The highest BCUT2D eigenvalue weighted by Gasteiger charge is 2.29. The fraction of sp³-hybridized carbons (Fsp3) is 0.429. The molecule has 0 heterocycles. The Morgan fingerprint density at radius 3 is 2.32 bits per heavy atom. The van der Waals surface area contributed by atoms with Gasteiger partial charge in [-0.1, -0.05) is 6.92 Å². The fourth-order valence-electron chi connectivity index (χ4n) is 1.59. The highest BCUT2D eigenvalue weighted by atomic mass is 16.5. The predicted molar refractivity (Wildman–Crippen MR) is 69.1 cm³/mol. The van der Waals surface area contributed by atoms with Gasteiger partial charge in [0.15, 0.2) is 11.9 Å². The summed E-state index contributed by atoms with van der Waals surface area (Å²) in [6.07, 6.45) is -1.45. The van der Waals surface area contributed by atoms with E-state index in [2.05, 4.69) is 4.74 Å². The lowest BCUT2D eigenvalue weighted by molar-refractivity contribution is -0.154. The number of ketones is 1. The molecular formula is C14H18O5. The van der Waals surface area contributed by atoms with Crippen LogP contribution >= 0.6 is 0 Å². The monoisotopic (exact) mass is 266 g/mol. The Balaban J connectivity index is 2.77. The van der Waals surface area contributed by atoms with Crippen LogP contribution in [-0.2, 0) is 9.53 Å². The highest BCUT2D eigenvalue weighted by molar-refractivity contribution is 6.00. The number of Topliss-reactive ketones (excluding diaryl/α,β-unsaturated/α-hetero) is 1. The summed E-state index contributed by atoms with van der Waals surface area (Å²) in [6, 6.07) is 6.48. The molecule has 0 aromatic heterocycles. The standard InChI is InChI=1S/C14H18O5/c1-4-19-14(17)13(16)9(2)12(15)10-5-7-11(18-3)8-6-10/h5-9,13,16H,4H2,1-3H3/t9?,13-/m0/s1. The van der Waals surface area contributed by atoms with E-state index in [1.54, 1.807) is 31.2 Å². The maximum Gasteiger partial charge on any atom is 0.335 e. The van der Waals surface area contributed by atoms with E-state index >= 15 is 0 Å². The summed E-state index contributed by atoms with van der Waals surface area (Å²) < 4.78 is 9.68. The minimum Gasteiger partial charge on any atom is -0.497 e. The predicted octanol–water partition coefficient (Wildman–Crippen LogP) is 1.44. The third-order valence-corrected chi connectivity index (χ3v) is 2.79. The molecule has 104 valence electrons. The summed E-state index contributed by atoms with van der Waals surface area (Å²) >= 11 is 0. The third-order valence-electron chi connectivity index (χ3n) is 2.79. The van der Waals surface area contributed by atoms with Gasteiger partial charge in [-0.2, -0.15) is 0 Å². The zero-order valence-corrected chi connectivity index (χ0v) is 11.3. The fourth-order valence-corrected chi connectivity index (χ4v) is 1.59. The van der Waals surface area contributed by atoms with Gasteiger partial charge in [0.1, 0.15) is 5.75 Å². The first-order chi connectivity index (χ1) is 9.01. The molecule has 5 nitrogen and oxygen atoms in total. The van der Waals surface area contributed by atoms with Crippen molar-refractivity contribution in [1.29, 1.82) is 0 Å². The van der Waals surface area contributed by atoms with Crippen LogP contribution in [0.5, 0.6) is 5.75 Å². The summed E-state index contributed by atoms with van der Waals surface area (Å²) in [7, 11) is 1.53. The molecule has 0 aliphatic rings. The number of ether oxygens (including phenoxy) is 2. The van der Waals surface area contributed by atoms with Crippen molar-refractivity contribution in [3.63, 3.8) is 0 Å². The lowest BCUT2D eigenvalue weighted by atomic mass is 9.94. The molecule has 0 saturated carbocycles. The smallest absolute Gasteiger partial charge is 0.335 e. The lowest BCUT2D eigenvalue weighted by Gasteiger charge is -2.16. The van der Waals surface area contributed by atoms with Crippen molar-refractivity contribution in [2.45, 2.75) is 20.0 Å². The minimum absolute atomic E-state index is 0.166. The third kappa shape index (κ3) is 3.79. The molecule has 19 heavy (non-hydrogen) atoms. The number of rotatable bonds is 6. The molecule has 0 bridgehead atoms. The maximum atomic E-state index is 12.1. The molecule has 1 rings (SSSR count). The van der Waals surface area contributed by atoms with Crippen LogP contribution in [0.2, 0.25) is 0 Å². The molecule has 0 radical (unpaired) electrons. The van der Waals surface area contributed by atoms with E-state index in [1.807, 2.05) is 0 Å². The lowest BCUT2D eigenvalue weighted by Crippen LogP contribution is -2.34. The number of hydrogen-bond donors (Lipinski definition) is 1. The molecule has 5 heteroatoms. The van der Waals surface area contributed by atoms with E-state index in [-0.39, 0.29) is 12.4 Å². The number of methoxy groups -OCH3 is 1. The minimum atomic E-state index is -1.45. The summed E-state index contributed by atoms with van der Waals surface area (Å²) in [5.74, 6) is -1.32. The maximum absolute atomic E-state index is 12.1. The van der Waals surface area contributed by atoms with Crippen molar-refractivity contribution < 1.29 is 24.2 Å². The van der Waals surface area contributed by atoms with Crippen LogP contribution in [0.1, 0.15) is 24.2 Å². The number of carbonyl (C=O) groups excluding carboxylic acids is 2. The molecule has 0 fully saturated rings. The topological polar surface area (TPSA) is 72.8 Å². The Labute approximate surface area is 112 Å². The van der Waals surface area contributed by atoms with Gasteiger partial charge in [-0.15, -0.1) is 0 Å². The Morgan fingerprint density at radius 1 is 1.26 bits per heavy atom. The van der Waals surface area contributed by atoms with E-state index in [0.29, 0.717) is 11.3 Å². The summed E-state index contributed by atoms with van der Waals surface area (Å²) in [5.41, 5.74) is 0.414. The second-order valence-corrected chi connectivity index (χ2v) is 4.08. The van der Waals surface area contributed by atoms with E-state index in [9.17, 15) is 14.7 Å². The Morgan fingerprint density at radius 2 is 1.84 bits per heavy atom. The van der Waals surface area contributed by atoms with E-state index in [0.717, 1.165) is 0 Å². The van der Waals surface area contributed by atoms with Crippen molar-refractivity contribution >= 4 is 11.8 Å². The number of hydrogen-bond acceptors (Lipinski definition) is 5. The molecule has 2 atom stereocenters. The van der Waals surface area contributed by atoms with Crippen LogP contribution < -0.4 is 4.74 Å². The molecule has 1 aromatic carbocycles. The van der Waals surface area contributed by atoms with Gasteiger partial charge in [-0.05, 0) is 31.2 Å². The van der Waals surface area contributed by atoms with Crippen LogP contribution in [0.4, 0.5) is 0 Å². The molecule has 0 amide bonds. The van der Waals surface area contributed by atoms with Crippen LogP contribution in [0.15, 0.2) is 24.3 Å². The Bertz CT molecular complexity index is 438. The van der Waals surface area contributed by atoms with Gasteiger partial charge < -0.3 is 14.6 Å². The first-order valence-corrected chi connectivity index (χ1v) is 6.04. The van der Waals surface area contributed by atoms with Crippen molar-refractivity contribution in [3.05, 3.63) is 29.8 Å². The van der Waals surface area contributed by atoms with Crippen molar-refractivity contribution in [1.82, 2.24) is 0 Å².